The van der Waals surface area contributed by atoms with Gasteiger partial charge in [-0.05, 0) is 25.0 Å². The average Bonchev–Trinajstić information content (AvgIpc) is 2.65. The largest absolute Gasteiger partial charge is 0.477 e. The van der Waals surface area contributed by atoms with Gasteiger partial charge in [0.25, 0.3) is 0 Å². The summed E-state index contributed by atoms with van der Waals surface area (Å²) in [6.45, 7) is 10.5. The Labute approximate surface area is 105 Å². The third-order valence-electron chi connectivity index (χ3n) is 2.94. The Morgan fingerprint density at radius 2 is 1.89 bits per heavy atom. The van der Waals surface area contributed by atoms with Crippen LogP contribution >= 0.6 is 0 Å². The van der Waals surface area contributed by atoms with Crippen LogP contribution in [0, 0.1) is 20.4 Å². The van der Waals surface area contributed by atoms with Gasteiger partial charge in [-0.1, -0.05) is 24.3 Å². The summed E-state index contributed by atoms with van der Waals surface area (Å²) in [6, 6.07) is 7.13. The van der Waals surface area contributed by atoms with E-state index in [0.29, 0.717) is 5.69 Å². The van der Waals surface area contributed by atoms with E-state index in [4.69, 9.17) is 11.7 Å². The molecule has 0 atom stereocenters. The van der Waals surface area contributed by atoms with Crippen LogP contribution in [0.15, 0.2) is 24.3 Å². The Hall–Kier alpha value is -2.54. The van der Waals surface area contributed by atoms with Gasteiger partial charge in [0.2, 0.25) is 0 Å². The Balaban J connectivity index is 2.57. The summed E-state index contributed by atoms with van der Waals surface area (Å²) in [7, 11) is 0. The number of aromatic nitrogens is 1. The van der Waals surface area contributed by atoms with Gasteiger partial charge in [0, 0.05) is 11.3 Å². The highest BCUT2D eigenvalue weighted by Gasteiger charge is 2.17. The molecule has 0 unspecified atom stereocenters. The minimum Gasteiger partial charge on any atom is -0.477 e. The van der Waals surface area contributed by atoms with E-state index in [0.717, 1.165) is 22.4 Å². The molecule has 0 aliphatic heterocycles. The fourth-order valence-corrected chi connectivity index (χ4v) is 2.10. The SMILES string of the molecule is [C-]#[N+]c1ccc(-c2c(C)[nH]c(C(=O)O)c2C)cc1. The highest BCUT2D eigenvalue weighted by molar-refractivity contribution is 5.91. The fourth-order valence-electron chi connectivity index (χ4n) is 2.10. The molecule has 0 fully saturated rings. The summed E-state index contributed by atoms with van der Waals surface area (Å²) in [5.41, 5.74) is 4.14. The molecule has 0 saturated heterocycles. The van der Waals surface area contributed by atoms with Gasteiger partial charge in [0.1, 0.15) is 5.69 Å². The Bertz CT molecular complexity index is 646. The standard InChI is InChI=1S/C14H12N2O2/c1-8-12(9(2)16-13(8)14(17)18)10-4-6-11(15-3)7-5-10/h4-7,16H,1-2H3,(H,17,18). The number of aromatic carboxylic acids is 1. The topological polar surface area (TPSA) is 57.5 Å². The van der Waals surface area contributed by atoms with Crippen LogP contribution in [0.1, 0.15) is 21.7 Å². The van der Waals surface area contributed by atoms with E-state index in [-0.39, 0.29) is 5.69 Å². The first kappa shape index (κ1) is 11.9. The number of carbonyl (C=O) groups is 1. The van der Waals surface area contributed by atoms with Gasteiger partial charge in [0.15, 0.2) is 5.69 Å². The molecule has 0 radical (unpaired) electrons. The van der Waals surface area contributed by atoms with Gasteiger partial charge in [-0.25, -0.2) is 9.64 Å². The summed E-state index contributed by atoms with van der Waals surface area (Å²) in [5, 5.41) is 9.06. The molecule has 2 rings (SSSR count). The summed E-state index contributed by atoms with van der Waals surface area (Å²) < 4.78 is 0. The van der Waals surface area contributed by atoms with Crippen molar-refractivity contribution < 1.29 is 9.90 Å². The molecule has 0 bridgehead atoms. The Kier molecular flexibility index (Phi) is 2.90. The zero-order chi connectivity index (χ0) is 13.3. The lowest BCUT2D eigenvalue weighted by atomic mass is 10.0. The number of hydrogen-bond acceptors (Lipinski definition) is 1. The Morgan fingerprint density at radius 3 is 2.33 bits per heavy atom. The van der Waals surface area contributed by atoms with E-state index in [1.165, 1.54) is 0 Å². The van der Waals surface area contributed by atoms with Crippen molar-refractivity contribution in [3.05, 3.63) is 52.6 Å². The highest BCUT2D eigenvalue weighted by atomic mass is 16.4. The number of H-pyrrole nitrogens is 1. The van der Waals surface area contributed by atoms with Crippen LogP contribution in [-0.4, -0.2) is 16.1 Å². The van der Waals surface area contributed by atoms with Crippen LogP contribution in [0.2, 0.25) is 0 Å². The molecule has 2 aromatic rings. The number of carboxylic acids is 1. The van der Waals surface area contributed by atoms with Gasteiger partial charge in [-0.2, -0.15) is 0 Å². The lowest BCUT2D eigenvalue weighted by molar-refractivity contribution is 0.0690. The smallest absolute Gasteiger partial charge is 0.352 e. The van der Waals surface area contributed by atoms with Crippen LogP contribution in [0.25, 0.3) is 16.0 Å². The number of benzene rings is 1. The van der Waals surface area contributed by atoms with Crippen molar-refractivity contribution in [1.29, 1.82) is 0 Å². The van der Waals surface area contributed by atoms with E-state index in [9.17, 15) is 4.79 Å². The third kappa shape index (κ3) is 1.87. The lowest BCUT2D eigenvalue weighted by Crippen LogP contribution is -1.98. The van der Waals surface area contributed by atoms with Crippen molar-refractivity contribution in [3.8, 4) is 11.1 Å². The van der Waals surface area contributed by atoms with Crippen molar-refractivity contribution in [3.63, 3.8) is 0 Å². The van der Waals surface area contributed by atoms with Crippen LogP contribution in [0.4, 0.5) is 5.69 Å². The fraction of sp³-hybridized carbons (Fsp3) is 0.143. The molecule has 0 amide bonds. The van der Waals surface area contributed by atoms with Gasteiger partial charge < -0.3 is 10.1 Å². The van der Waals surface area contributed by atoms with Gasteiger partial charge in [-0.15, -0.1) is 0 Å². The second kappa shape index (κ2) is 4.38. The van der Waals surface area contributed by atoms with Crippen LogP contribution in [0.5, 0.6) is 0 Å². The molecule has 0 spiro atoms. The van der Waals surface area contributed by atoms with Gasteiger partial charge in [-0.3, -0.25) is 0 Å². The molecule has 1 aromatic carbocycles. The van der Waals surface area contributed by atoms with Crippen LogP contribution in [0.3, 0.4) is 0 Å². The minimum atomic E-state index is -0.959. The number of carboxylic acid groups (broad SMARTS) is 1. The van der Waals surface area contributed by atoms with E-state index < -0.39 is 5.97 Å². The maximum Gasteiger partial charge on any atom is 0.352 e. The molecular weight excluding hydrogens is 228 g/mol. The first-order chi connectivity index (χ1) is 8.54. The van der Waals surface area contributed by atoms with Crippen molar-refractivity contribution in [2.45, 2.75) is 13.8 Å². The normalized spacial score (nSPS) is 10.1. The average molecular weight is 240 g/mol. The summed E-state index contributed by atoms with van der Waals surface area (Å²) in [4.78, 5) is 17.3. The van der Waals surface area contributed by atoms with Crippen molar-refractivity contribution in [2.24, 2.45) is 0 Å². The molecule has 0 saturated carbocycles. The van der Waals surface area contributed by atoms with Crippen molar-refractivity contribution in [1.82, 2.24) is 4.98 Å². The molecule has 0 aliphatic carbocycles. The summed E-state index contributed by atoms with van der Waals surface area (Å²) in [5.74, 6) is -0.959. The molecule has 1 heterocycles. The van der Waals surface area contributed by atoms with Crippen molar-refractivity contribution in [2.75, 3.05) is 0 Å². The first-order valence-corrected chi connectivity index (χ1v) is 5.45. The molecule has 4 nitrogen and oxygen atoms in total. The number of rotatable bonds is 2. The maximum absolute atomic E-state index is 11.0. The second-order valence-corrected chi connectivity index (χ2v) is 4.09. The lowest BCUT2D eigenvalue weighted by Gasteiger charge is -2.03. The zero-order valence-electron chi connectivity index (χ0n) is 10.1. The predicted octanol–water partition coefficient (Wildman–Crippen LogP) is 3.55. The first-order valence-electron chi connectivity index (χ1n) is 5.45. The van der Waals surface area contributed by atoms with E-state index in [2.05, 4.69) is 9.83 Å². The van der Waals surface area contributed by atoms with E-state index >= 15 is 0 Å². The number of nitrogens with zero attached hydrogens (tertiary/aromatic N) is 1. The number of nitrogens with one attached hydrogen (secondary N) is 1. The predicted molar refractivity (Wildman–Crippen MR) is 68.9 cm³/mol. The number of hydrogen-bond donors (Lipinski definition) is 2. The monoisotopic (exact) mass is 240 g/mol. The van der Waals surface area contributed by atoms with Crippen molar-refractivity contribution >= 4 is 11.7 Å². The molecule has 0 aliphatic rings. The molecule has 18 heavy (non-hydrogen) atoms. The highest BCUT2D eigenvalue weighted by Crippen LogP contribution is 2.30. The quantitative estimate of drug-likeness (QED) is 0.789. The molecular formula is C14H12N2O2. The van der Waals surface area contributed by atoms with Gasteiger partial charge >= 0.3 is 5.97 Å². The van der Waals surface area contributed by atoms with Gasteiger partial charge in [0.05, 0.1) is 6.57 Å². The van der Waals surface area contributed by atoms with E-state index in [1.54, 1.807) is 19.1 Å². The summed E-state index contributed by atoms with van der Waals surface area (Å²) in [6.07, 6.45) is 0. The molecule has 90 valence electrons. The van der Waals surface area contributed by atoms with Crippen LogP contribution in [-0.2, 0) is 0 Å². The Morgan fingerprint density at radius 1 is 1.28 bits per heavy atom. The van der Waals surface area contributed by atoms with E-state index in [1.807, 2.05) is 19.1 Å². The molecule has 1 aromatic heterocycles. The van der Waals surface area contributed by atoms with Crippen LogP contribution < -0.4 is 0 Å². The molecule has 4 heteroatoms. The zero-order valence-corrected chi connectivity index (χ0v) is 10.1. The maximum atomic E-state index is 11.0. The number of aromatic amines is 1. The molecule has 2 N–H and O–H groups in total. The third-order valence-corrected chi connectivity index (χ3v) is 2.94. The minimum absolute atomic E-state index is 0.219. The second-order valence-electron chi connectivity index (χ2n) is 4.09. The summed E-state index contributed by atoms with van der Waals surface area (Å²) >= 11 is 0. The number of aryl methyl sites for hydroxylation is 1.